The minimum Gasteiger partial charge on any atom is -0.492 e. The third-order valence-electron chi connectivity index (χ3n) is 5.32. The molecule has 0 fully saturated rings. The Labute approximate surface area is 216 Å². The summed E-state index contributed by atoms with van der Waals surface area (Å²) >= 11 is 13.7. The van der Waals surface area contributed by atoms with Crippen molar-refractivity contribution >= 4 is 46.6 Å². The fraction of sp³-hybridized carbons (Fsp3) is 0.269. The Kier molecular flexibility index (Phi) is 7.50. The number of nitrogens with zero attached hydrogens (tertiary/aromatic N) is 2. The van der Waals surface area contributed by atoms with Gasteiger partial charge in [0.25, 0.3) is 5.56 Å². The van der Waals surface area contributed by atoms with Gasteiger partial charge in [0.15, 0.2) is 4.80 Å². The van der Waals surface area contributed by atoms with Crippen molar-refractivity contribution in [2.45, 2.75) is 39.8 Å². The lowest BCUT2D eigenvalue weighted by Gasteiger charge is -2.25. The summed E-state index contributed by atoms with van der Waals surface area (Å²) in [6.45, 7) is 7.70. The average molecular weight is 531 g/mol. The van der Waals surface area contributed by atoms with Crippen molar-refractivity contribution in [3.8, 4) is 5.75 Å². The molecule has 0 spiro atoms. The van der Waals surface area contributed by atoms with Crippen LogP contribution in [0.4, 0.5) is 0 Å². The fourth-order valence-electron chi connectivity index (χ4n) is 3.85. The van der Waals surface area contributed by atoms with Gasteiger partial charge in [0.1, 0.15) is 5.75 Å². The molecular formula is C26H24Cl2N2O4S. The van der Waals surface area contributed by atoms with Crippen molar-refractivity contribution in [1.82, 2.24) is 4.57 Å². The van der Waals surface area contributed by atoms with Crippen LogP contribution in [0.5, 0.6) is 5.75 Å². The number of thiazole rings is 1. The van der Waals surface area contributed by atoms with Gasteiger partial charge in [-0.3, -0.25) is 9.36 Å². The minimum absolute atomic E-state index is 0.263. The summed E-state index contributed by atoms with van der Waals surface area (Å²) in [4.78, 5) is 31.8. The smallest absolute Gasteiger partial charge is 0.338 e. The Balaban J connectivity index is 1.89. The molecule has 0 amide bonds. The SMILES string of the molecule is CCOc1ccc(/C=c2\sc3n(c2=O)[C@@H](c2ccc(Cl)cc2)C(C(=O)OC(C)C)=C(C)N=3)cc1Cl. The van der Waals surface area contributed by atoms with Crippen LogP contribution in [0.1, 0.15) is 44.9 Å². The molecule has 1 atom stereocenters. The van der Waals surface area contributed by atoms with Crippen molar-refractivity contribution in [3.63, 3.8) is 0 Å². The molecule has 182 valence electrons. The van der Waals surface area contributed by atoms with E-state index >= 15 is 0 Å². The van der Waals surface area contributed by atoms with Gasteiger partial charge in [0, 0.05) is 5.02 Å². The Morgan fingerprint density at radius 2 is 1.91 bits per heavy atom. The van der Waals surface area contributed by atoms with Crippen LogP contribution in [0, 0.1) is 0 Å². The number of halogens is 2. The maximum Gasteiger partial charge on any atom is 0.338 e. The van der Waals surface area contributed by atoms with Gasteiger partial charge in [-0.15, -0.1) is 0 Å². The van der Waals surface area contributed by atoms with E-state index < -0.39 is 12.0 Å². The van der Waals surface area contributed by atoms with E-state index in [1.165, 1.54) is 11.3 Å². The molecule has 0 bridgehead atoms. The Bertz CT molecular complexity index is 1490. The molecule has 1 aromatic heterocycles. The highest BCUT2D eigenvalue weighted by Gasteiger charge is 2.33. The summed E-state index contributed by atoms with van der Waals surface area (Å²) < 4.78 is 13.0. The van der Waals surface area contributed by atoms with Crippen LogP contribution in [0.25, 0.3) is 6.08 Å². The van der Waals surface area contributed by atoms with Gasteiger partial charge in [0.05, 0.1) is 39.6 Å². The van der Waals surface area contributed by atoms with E-state index in [0.717, 1.165) is 11.1 Å². The second-order valence-corrected chi connectivity index (χ2v) is 10.1. The lowest BCUT2D eigenvalue weighted by molar-refractivity contribution is -0.143. The zero-order valence-electron chi connectivity index (χ0n) is 19.7. The van der Waals surface area contributed by atoms with E-state index in [2.05, 4.69) is 4.99 Å². The number of aromatic nitrogens is 1. The first-order chi connectivity index (χ1) is 16.7. The van der Waals surface area contributed by atoms with Crippen LogP contribution in [0.2, 0.25) is 10.0 Å². The second-order valence-electron chi connectivity index (χ2n) is 8.21. The summed E-state index contributed by atoms with van der Waals surface area (Å²) in [5.41, 5.74) is 2.05. The summed E-state index contributed by atoms with van der Waals surface area (Å²) in [7, 11) is 0. The number of hydrogen-bond donors (Lipinski definition) is 0. The molecule has 2 aromatic carbocycles. The van der Waals surface area contributed by atoms with Crippen LogP contribution in [0.15, 0.2) is 63.5 Å². The van der Waals surface area contributed by atoms with Crippen molar-refractivity contribution in [2.24, 2.45) is 4.99 Å². The molecule has 0 radical (unpaired) electrons. The third-order valence-corrected chi connectivity index (χ3v) is 6.85. The van der Waals surface area contributed by atoms with E-state index in [0.29, 0.717) is 43.0 Å². The molecule has 1 aliphatic heterocycles. The van der Waals surface area contributed by atoms with Gasteiger partial charge < -0.3 is 9.47 Å². The maximum atomic E-state index is 13.6. The number of rotatable bonds is 6. The largest absolute Gasteiger partial charge is 0.492 e. The van der Waals surface area contributed by atoms with Gasteiger partial charge in [-0.25, -0.2) is 9.79 Å². The van der Waals surface area contributed by atoms with Crippen LogP contribution >= 0.6 is 34.5 Å². The number of carbonyl (C=O) groups is 1. The van der Waals surface area contributed by atoms with Crippen molar-refractivity contribution in [3.05, 3.63) is 94.6 Å². The standard InChI is InChI=1S/C26H24Cl2N2O4S/c1-5-33-20-11-6-16(12-19(20)28)13-21-24(31)30-23(17-7-9-18(27)10-8-17)22(25(32)34-14(2)3)15(4)29-26(30)35-21/h6-14,23H,5H2,1-4H3/b21-13-/t23-/m0/s1. The van der Waals surface area contributed by atoms with Crippen LogP contribution in [0.3, 0.4) is 0 Å². The molecule has 2 heterocycles. The maximum absolute atomic E-state index is 13.6. The first-order valence-corrected chi connectivity index (χ1v) is 12.7. The van der Waals surface area contributed by atoms with Crippen molar-refractivity contribution < 1.29 is 14.3 Å². The summed E-state index contributed by atoms with van der Waals surface area (Å²) in [5, 5.41) is 1.02. The summed E-state index contributed by atoms with van der Waals surface area (Å²) in [6, 6.07) is 11.7. The molecule has 4 rings (SSSR count). The van der Waals surface area contributed by atoms with Crippen LogP contribution < -0.4 is 19.6 Å². The molecule has 0 saturated heterocycles. The van der Waals surface area contributed by atoms with E-state index in [1.807, 2.05) is 13.0 Å². The molecule has 9 heteroatoms. The number of hydrogen-bond acceptors (Lipinski definition) is 6. The number of esters is 1. The number of allylic oxidation sites excluding steroid dienone is 1. The van der Waals surface area contributed by atoms with Crippen molar-refractivity contribution in [2.75, 3.05) is 6.61 Å². The predicted molar refractivity (Wildman–Crippen MR) is 139 cm³/mol. The molecule has 35 heavy (non-hydrogen) atoms. The summed E-state index contributed by atoms with van der Waals surface area (Å²) in [5.74, 6) is 0.0771. The Morgan fingerprint density at radius 3 is 2.54 bits per heavy atom. The average Bonchev–Trinajstić information content (AvgIpc) is 3.09. The monoisotopic (exact) mass is 530 g/mol. The van der Waals surface area contributed by atoms with Gasteiger partial charge in [-0.1, -0.05) is 52.7 Å². The topological polar surface area (TPSA) is 69.9 Å². The minimum atomic E-state index is -0.694. The quantitative estimate of drug-likeness (QED) is 0.425. The third kappa shape index (κ3) is 5.22. The van der Waals surface area contributed by atoms with Crippen LogP contribution in [-0.2, 0) is 9.53 Å². The van der Waals surface area contributed by atoms with E-state index in [4.69, 9.17) is 32.7 Å². The number of fused-ring (bicyclic) bond motifs is 1. The molecule has 6 nitrogen and oxygen atoms in total. The fourth-order valence-corrected chi connectivity index (χ4v) is 5.27. The highest BCUT2D eigenvalue weighted by atomic mass is 35.5. The number of ether oxygens (including phenoxy) is 2. The molecule has 0 saturated carbocycles. The molecule has 3 aromatic rings. The van der Waals surface area contributed by atoms with E-state index in [9.17, 15) is 9.59 Å². The number of carbonyl (C=O) groups excluding carboxylic acids is 1. The molecular weight excluding hydrogens is 507 g/mol. The molecule has 0 N–H and O–H groups in total. The van der Waals surface area contributed by atoms with Gasteiger partial charge in [-0.2, -0.15) is 0 Å². The first kappa shape index (κ1) is 25.2. The highest BCUT2D eigenvalue weighted by Crippen LogP contribution is 2.31. The normalized spacial score (nSPS) is 15.7. The van der Waals surface area contributed by atoms with Crippen molar-refractivity contribution in [1.29, 1.82) is 0 Å². The van der Waals surface area contributed by atoms with Crippen LogP contribution in [-0.4, -0.2) is 23.2 Å². The zero-order valence-corrected chi connectivity index (χ0v) is 22.0. The zero-order chi connectivity index (χ0) is 25.3. The predicted octanol–water partition coefficient (Wildman–Crippen LogP) is 4.89. The number of benzene rings is 2. The van der Waals surface area contributed by atoms with Gasteiger partial charge in [-0.05, 0) is 69.2 Å². The highest BCUT2D eigenvalue weighted by molar-refractivity contribution is 7.07. The first-order valence-electron chi connectivity index (χ1n) is 11.1. The second kappa shape index (κ2) is 10.4. The lowest BCUT2D eigenvalue weighted by atomic mass is 9.96. The molecule has 1 aliphatic rings. The lowest BCUT2D eigenvalue weighted by Crippen LogP contribution is -2.40. The summed E-state index contributed by atoms with van der Waals surface area (Å²) in [6.07, 6.45) is 1.44. The van der Waals surface area contributed by atoms with Gasteiger partial charge >= 0.3 is 5.97 Å². The molecule has 0 unspecified atom stereocenters. The molecule has 0 aliphatic carbocycles. The van der Waals surface area contributed by atoms with E-state index in [1.54, 1.807) is 67.8 Å². The Hall–Kier alpha value is -2.87. The van der Waals surface area contributed by atoms with Gasteiger partial charge in [0.2, 0.25) is 0 Å². The van der Waals surface area contributed by atoms with E-state index in [-0.39, 0.29) is 11.7 Å². The Morgan fingerprint density at radius 1 is 1.20 bits per heavy atom.